The zero-order valence-electron chi connectivity index (χ0n) is 11.8. The number of hydrogen-bond acceptors (Lipinski definition) is 2. The van der Waals surface area contributed by atoms with E-state index in [0.29, 0.717) is 17.0 Å². The molecule has 1 saturated heterocycles. The summed E-state index contributed by atoms with van der Waals surface area (Å²) >= 11 is 6.78. The zero-order valence-corrected chi connectivity index (χ0v) is 15.0. The molecule has 0 bridgehead atoms. The molecule has 112 valence electrons. The van der Waals surface area contributed by atoms with Crippen molar-refractivity contribution in [3.63, 3.8) is 0 Å². The van der Waals surface area contributed by atoms with Gasteiger partial charge >= 0.3 is 6.09 Å². The average Bonchev–Trinajstić information content (AvgIpc) is 2.68. The summed E-state index contributed by atoms with van der Waals surface area (Å²) in [6.07, 6.45) is 1.78. The van der Waals surface area contributed by atoms with Crippen LogP contribution >= 0.6 is 31.9 Å². The van der Waals surface area contributed by atoms with Gasteiger partial charge in [0.1, 0.15) is 20.6 Å². The van der Waals surface area contributed by atoms with Crippen LogP contribution in [0.3, 0.4) is 0 Å². The lowest BCUT2D eigenvalue weighted by Gasteiger charge is -2.52. The maximum absolute atomic E-state index is 11.7. The number of amides is 1. The molecule has 2 N–H and O–H groups in total. The predicted octanol–water partition coefficient (Wildman–Crippen LogP) is 4.34. The Morgan fingerprint density at radius 2 is 2.05 bits per heavy atom. The van der Waals surface area contributed by atoms with Crippen molar-refractivity contribution in [3.8, 4) is 0 Å². The van der Waals surface area contributed by atoms with Crippen molar-refractivity contribution in [1.82, 2.24) is 14.9 Å². The number of aromatic nitrogens is 2. The van der Waals surface area contributed by atoms with Crippen LogP contribution in [0.1, 0.15) is 45.9 Å². The van der Waals surface area contributed by atoms with Crippen LogP contribution in [0.2, 0.25) is 0 Å². The van der Waals surface area contributed by atoms with Gasteiger partial charge in [0.2, 0.25) is 0 Å². The summed E-state index contributed by atoms with van der Waals surface area (Å²) in [7, 11) is 0. The molecule has 1 fully saturated rings. The maximum atomic E-state index is 11.7. The van der Waals surface area contributed by atoms with Crippen molar-refractivity contribution >= 4 is 38.0 Å². The van der Waals surface area contributed by atoms with Crippen LogP contribution in [-0.4, -0.2) is 32.6 Å². The van der Waals surface area contributed by atoms with Gasteiger partial charge in [0.25, 0.3) is 0 Å². The van der Waals surface area contributed by atoms with E-state index in [9.17, 15) is 9.90 Å². The Morgan fingerprint density at radius 1 is 1.40 bits per heavy atom. The second-order valence-corrected chi connectivity index (χ2v) is 7.74. The molecule has 1 amide bonds. The summed E-state index contributed by atoms with van der Waals surface area (Å²) < 4.78 is 1.42. The highest BCUT2D eigenvalue weighted by Crippen LogP contribution is 2.49. The number of imidazole rings is 1. The van der Waals surface area contributed by atoms with Gasteiger partial charge in [0.05, 0.1) is 0 Å². The smallest absolute Gasteiger partial charge is 0.408 e. The fourth-order valence-corrected chi connectivity index (χ4v) is 3.70. The van der Waals surface area contributed by atoms with Crippen LogP contribution < -0.4 is 0 Å². The summed E-state index contributed by atoms with van der Waals surface area (Å²) in [4.78, 5) is 21.0. The Balaban J connectivity index is 2.63. The molecule has 1 unspecified atom stereocenters. The fraction of sp³-hybridized carbons (Fsp3) is 0.692. The van der Waals surface area contributed by atoms with Gasteiger partial charge in [0, 0.05) is 6.54 Å². The fourth-order valence-electron chi connectivity index (χ4n) is 3.14. The molecule has 1 aliphatic rings. The number of nitrogens with zero attached hydrogens (tertiary/aromatic N) is 2. The number of H-pyrrole nitrogens is 1. The first-order chi connectivity index (χ1) is 9.20. The minimum atomic E-state index is -0.886. The summed E-state index contributed by atoms with van der Waals surface area (Å²) in [5, 5.41) is 9.64. The number of halogens is 2. The van der Waals surface area contributed by atoms with Crippen LogP contribution in [0.15, 0.2) is 9.21 Å². The third kappa shape index (κ3) is 2.39. The highest BCUT2D eigenvalue weighted by atomic mass is 79.9. The molecule has 2 heterocycles. The molecule has 20 heavy (non-hydrogen) atoms. The molecular weight excluding hydrogens is 390 g/mol. The van der Waals surface area contributed by atoms with E-state index in [0.717, 1.165) is 23.9 Å². The second kappa shape index (κ2) is 5.33. The molecule has 0 aliphatic carbocycles. The number of nitrogens with one attached hydrogen (secondary N) is 1. The molecule has 5 nitrogen and oxygen atoms in total. The third-order valence-corrected chi connectivity index (χ3v) is 5.79. The molecule has 1 aromatic rings. The highest BCUT2D eigenvalue weighted by Gasteiger charge is 2.53. The topological polar surface area (TPSA) is 69.2 Å². The Kier molecular flexibility index (Phi) is 4.22. The number of likely N-dealkylation sites (tertiary alicyclic amines) is 1. The van der Waals surface area contributed by atoms with Crippen molar-refractivity contribution in [2.75, 3.05) is 6.54 Å². The number of carboxylic acid groups (broad SMARTS) is 1. The SMILES string of the molecule is CC(C)(C)C1(c2nc(Br)c(Br)[nH]2)CCCCN1C(=O)O. The minimum absolute atomic E-state index is 0.261. The first-order valence-electron chi connectivity index (χ1n) is 6.62. The van der Waals surface area contributed by atoms with Crippen molar-refractivity contribution in [1.29, 1.82) is 0 Å². The lowest BCUT2D eigenvalue weighted by Crippen LogP contribution is -2.59. The van der Waals surface area contributed by atoms with E-state index >= 15 is 0 Å². The van der Waals surface area contributed by atoms with Gasteiger partial charge in [-0.3, -0.25) is 4.90 Å². The molecule has 1 atom stereocenters. The Hall–Kier alpha value is -0.560. The van der Waals surface area contributed by atoms with E-state index in [1.807, 2.05) is 0 Å². The monoisotopic (exact) mass is 407 g/mol. The summed E-state index contributed by atoms with van der Waals surface area (Å²) in [6.45, 7) is 6.75. The Bertz CT molecular complexity index is 505. The van der Waals surface area contributed by atoms with Gasteiger partial charge in [-0.05, 0) is 56.5 Å². The number of carbonyl (C=O) groups is 1. The summed E-state index contributed by atoms with van der Waals surface area (Å²) in [6, 6.07) is 0. The van der Waals surface area contributed by atoms with E-state index in [2.05, 4.69) is 62.6 Å². The molecule has 7 heteroatoms. The first kappa shape index (κ1) is 15.8. The van der Waals surface area contributed by atoms with Gasteiger partial charge in [-0.2, -0.15) is 0 Å². The molecule has 1 aliphatic heterocycles. The largest absolute Gasteiger partial charge is 0.465 e. The molecule has 0 spiro atoms. The van der Waals surface area contributed by atoms with Crippen LogP contribution in [0.5, 0.6) is 0 Å². The average molecular weight is 409 g/mol. The van der Waals surface area contributed by atoms with Gasteiger partial charge in [-0.25, -0.2) is 9.78 Å². The van der Waals surface area contributed by atoms with Crippen LogP contribution in [0.25, 0.3) is 0 Å². The van der Waals surface area contributed by atoms with Gasteiger partial charge in [-0.15, -0.1) is 0 Å². The number of rotatable bonds is 1. The second-order valence-electron chi connectivity index (χ2n) is 6.19. The highest BCUT2D eigenvalue weighted by molar-refractivity contribution is 9.13. The lowest BCUT2D eigenvalue weighted by atomic mass is 9.67. The Labute approximate surface area is 135 Å². The minimum Gasteiger partial charge on any atom is -0.465 e. The molecule has 2 rings (SSSR count). The number of hydrogen-bond donors (Lipinski definition) is 2. The predicted molar refractivity (Wildman–Crippen MR) is 83.7 cm³/mol. The van der Waals surface area contributed by atoms with Crippen molar-refractivity contribution < 1.29 is 9.90 Å². The zero-order chi connectivity index (χ0) is 15.1. The van der Waals surface area contributed by atoms with Gasteiger partial charge < -0.3 is 10.1 Å². The number of aromatic amines is 1. The summed E-state index contributed by atoms with van der Waals surface area (Å²) in [5.74, 6) is 0.700. The molecule has 0 radical (unpaired) electrons. The third-order valence-electron chi connectivity index (χ3n) is 4.11. The van der Waals surface area contributed by atoms with Gasteiger partial charge in [0.15, 0.2) is 0 Å². The van der Waals surface area contributed by atoms with Crippen molar-refractivity contribution in [3.05, 3.63) is 15.0 Å². The van der Waals surface area contributed by atoms with E-state index in [-0.39, 0.29) is 5.41 Å². The van der Waals surface area contributed by atoms with Crippen LogP contribution in [0, 0.1) is 5.41 Å². The van der Waals surface area contributed by atoms with E-state index in [4.69, 9.17) is 0 Å². The van der Waals surface area contributed by atoms with E-state index in [1.54, 1.807) is 4.90 Å². The molecule has 0 saturated carbocycles. The van der Waals surface area contributed by atoms with Crippen molar-refractivity contribution in [2.24, 2.45) is 5.41 Å². The first-order valence-corrected chi connectivity index (χ1v) is 8.21. The maximum Gasteiger partial charge on any atom is 0.408 e. The summed E-state index contributed by atoms with van der Waals surface area (Å²) in [5.41, 5.74) is -0.895. The van der Waals surface area contributed by atoms with Gasteiger partial charge in [-0.1, -0.05) is 20.8 Å². The van der Waals surface area contributed by atoms with E-state index < -0.39 is 11.6 Å². The Morgan fingerprint density at radius 3 is 2.50 bits per heavy atom. The molecular formula is C13H19Br2N3O2. The standard InChI is InChI=1S/C13H19Br2N3O2/c1-12(2,3)13(10-16-8(14)9(15)17-10)6-4-5-7-18(13)11(19)20/h4-7H2,1-3H3,(H,16,17)(H,19,20). The molecule has 0 aromatic carbocycles. The quantitative estimate of drug-likeness (QED) is 0.725. The van der Waals surface area contributed by atoms with Crippen LogP contribution in [0.4, 0.5) is 4.79 Å². The normalized spacial score (nSPS) is 23.9. The number of piperidine rings is 1. The van der Waals surface area contributed by atoms with Crippen LogP contribution in [-0.2, 0) is 5.54 Å². The van der Waals surface area contributed by atoms with Crippen molar-refractivity contribution in [2.45, 2.75) is 45.6 Å². The van der Waals surface area contributed by atoms with E-state index in [1.165, 1.54) is 0 Å². The lowest BCUT2D eigenvalue weighted by molar-refractivity contribution is -0.0350. The molecule has 1 aromatic heterocycles.